The van der Waals surface area contributed by atoms with E-state index in [-0.39, 0.29) is 24.4 Å². The normalized spacial score (nSPS) is 20.9. The first-order chi connectivity index (χ1) is 12.0. The van der Waals surface area contributed by atoms with Gasteiger partial charge in [-0.25, -0.2) is 8.78 Å². The minimum Gasteiger partial charge on any atom is -0.351 e. The molecule has 2 aliphatic heterocycles. The van der Waals surface area contributed by atoms with Crippen LogP contribution in [-0.2, 0) is 4.79 Å². The van der Waals surface area contributed by atoms with E-state index in [1.54, 1.807) is 0 Å². The predicted octanol–water partition coefficient (Wildman–Crippen LogP) is 1.78. The van der Waals surface area contributed by atoms with Gasteiger partial charge >= 0.3 is 0 Å². The third-order valence-corrected chi connectivity index (χ3v) is 4.96. The van der Waals surface area contributed by atoms with Gasteiger partial charge in [0.2, 0.25) is 5.91 Å². The van der Waals surface area contributed by atoms with Gasteiger partial charge in [-0.3, -0.25) is 14.5 Å². The van der Waals surface area contributed by atoms with Gasteiger partial charge < -0.3 is 10.2 Å². The number of nitrogens with zero attached hydrogens (tertiary/aromatic N) is 2. The number of hydrogen-bond acceptors (Lipinski definition) is 3. The molecule has 0 radical (unpaired) electrons. The number of amides is 2. The molecule has 1 N–H and O–H groups in total. The van der Waals surface area contributed by atoms with Crippen molar-refractivity contribution >= 4 is 11.8 Å². The van der Waals surface area contributed by atoms with Crippen molar-refractivity contribution in [3.05, 3.63) is 35.4 Å². The highest BCUT2D eigenvalue weighted by atomic mass is 19.1. The maximum Gasteiger partial charge on any atom is 0.254 e. The Balaban J connectivity index is 1.48. The molecule has 2 heterocycles. The first kappa shape index (κ1) is 17.8. The SMILES string of the molecule is O=C(NCCC(=O)N1CCCN2CCC[C@H]2C1)c1ccc(F)cc1F. The summed E-state index contributed by atoms with van der Waals surface area (Å²) in [5.74, 6) is -2.26. The van der Waals surface area contributed by atoms with E-state index in [9.17, 15) is 18.4 Å². The van der Waals surface area contributed by atoms with E-state index in [1.165, 1.54) is 6.42 Å². The summed E-state index contributed by atoms with van der Waals surface area (Å²) in [6, 6.07) is 3.26. The fourth-order valence-corrected chi connectivity index (χ4v) is 3.64. The molecule has 2 saturated heterocycles. The number of nitrogens with one attached hydrogen (secondary N) is 1. The van der Waals surface area contributed by atoms with Gasteiger partial charge in [0, 0.05) is 44.7 Å². The zero-order valence-corrected chi connectivity index (χ0v) is 14.1. The summed E-state index contributed by atoms with van der Waals surface area (Å²) in [6.45, 7) is 3.78. The molecule has 0 unspecified atom stereocenters. The molecule has 1 aromatic rings. The molecule has 136 valence electrons. The van der Waals surface area contributed by atoms with Crippen molar-refractivity contribution in [3.63, 3.8) is 0 Å². The van der Waals surface area contributed by atoms with Gasteiger partial charge in [0.15, 0.2) is 0 Å². The van der Waals surface area contributed by atoms with Gasteiger partial charge in [-0.05, 0) is 37.9 Å². The molecule has 3 rings (SSSR count). The molecule has 2 amide bonds. The molecule has 0 bridgehead atoms. The van der Waals surface area contributed by atoms with E-state index >= 15 is 0 Å². The number of carbonyl (C=O) groups is 2. The average molecular weight is 351 g/mol. The van der Waals surface area contributed by atoms with E-state index in [4.69, 9.17) is 0 Å². The second-order valence-corrected chi connectivity index (χ2v) is 6.66. The third-order valence-electron chi connectivity index (χ3n) is 4.96. The molecule has 1 aromatic carbocycles. The smallest absolute Gasteiger partial charge is 0.254 e. The van der Waals surface area contributed by atoms with Gasteiger partial charge in [-0.2, -0.15) is 0 Å². The number of hydrogen-bond donors (Lipinski definition) is 1. The Hall–Kier alpha value is -2.02. The Morgan fingerprint density at radius 1 is 1.16 bits per heavy atom. The van der Waals surface area contributed by atoms with Crippen molar-refractivity contribution in [2.45, 2.75) is 31.7 Å². The van der Waals surface area contributed by atoms with Crippen molar-refractivity contribution in [1.82, 2.24) is 15.1 Å². The van der Waals surface area contributed by atoms with E-state index in [1.807, 2.05) is 4.90 Å². The Bertz CT molecular complexity index is 653. The van der Waals surface area contributed by atoms with Crippen LogP contribution in [0.25, 0.3) is 0 Å². The second kappa shape index (κ2) is 7.91. The van der Waals surface area contributed by atoms with Crippen LogP contribution in [0.15, 0.2) is 18.2 Å². The molecular weight excluding hydrogens is 328 g/mol. The molecular formula is C18H23F2N3O2. The minimum absolute atomic E-state index is 0.00799. The summed E-state index contributed by atoms with van der Waals surface area (Å²) in [6.07, 6.45) is 3.47. The molecule has 0 aromatic heterocycles. The average Bonchev–Trinajstić information content (AvgIpc) is 2.91. The Labute approximate surface area is 146 Å². The topological polar surface area (TPSA) is 52.7 Å². The lowest BCUT2D eigenvalue weighted by atomic mass is 10.2. The molecule has 2 aliphatic rings. The lowest BCUT2D eigenvalue weighted by Gasteiger charge is -2.25. The Morgan fingerprint density at radius 3 is 2.76 bits per heavy atom. The van der Waals surface area contributed by atoms with E-state index in [0.717, 1.165) is 51.2 Å². The van der Waals surface area contributed by atoms with Crippen LogP contribution in [0.3, 0.4) is 0 Å². The molecule has 0 spiro atoms. The second-order valence-electron chi connectivity index (χ2n) is 6.66. The Morgan fingerprint density at radius 2 is 1.96 bits per heavy atom. The molecule has 0 aliphatic carbocycles. The fraction of sp³-hybridized carbons (Fsp3) is 0.556. The first-order valence-electron chi connectivity index (χ1n) is 8.79. The molecule has 1 atom stereocenters. The van der Waals surface area contributed by atoms with Crippen LogP contribution in [0.1, 0.15) is 36.0 Å². The van der Waals surface area contributed by atoms with Crippen LogP contribution >= 0.6 is 0 Å². The van der Waals surface area contributed by atoms with Gasteiger partial charge in [-0.15, -0.1) is 0 Å². The van der Waals surface area contributed by atoms with Gasteiger partial charge in [-0.1, -0.05) is 0 Å². The molecule has 25 heavy (non-hydrogen) atoms. The fourth-order valence-electron chi connectivity index (χ4n) is 3.64. The van der Waals surface area contributed by atoms with Crippen molar-refractivity contribution in [3.8, 4) is 0 Å². The highest BCUT2D eigenvalue weighted by Gasteiger charge is 2.30. The van der Waals surface area contributed by atoms with Crippen molar-refractivity contribution < 1.29 is 18.4 Å². The van der Waals surface area contributed by atoms with Crippen molar-refractivity contribution in [2.24, 2.45) is 0 Å². The maximum absolute atomic E-state index is 13.6. The minimum atomic E-state index is -0.905. The quantitative estimate of drug-likeness (QED) is 0.900. The largest absolute Gasteiger partial charge is 0.351 e. The standard InChI is InChI=1S/C18H23F2N3O2/c19-13-4-5-15(16(20)11-13)18(25)21-7-6-17(24)23-10-2-9-22-8-1-3-14(22)12-23/h4-5,11,14H,1-3,6-10,12H2,(H,21,25)/t14-/m0/s1. The maximum atomic E-state index is 13.6. The lowest BCUT2D eigenvalue weighted by Crippen LogP contribution is -2.40. The molecule has 7 heteroatoms. The number of fused-ring (bicyclic) bond motifs is 1. The summed E-state index contributed by atoms with van der Waals surface area (Å²) < 4.78 is 26.4. The summed E-state index contributed by atoms with van der Waals surface area (Å²) >= 11 is 0. The van der Waals surface area contributed by atoms with Gasteiger partial charge in [0.1, 0.15) is 11.6 Å². The lowest BCUT2D eigenvalue weighted by molar-refractivity contribution is -0.131. The zero-order valence-electron chi connectivity index (χ0n) is 14.1. The van der Waals surface area contributed by atoms with E-state index in [0.29, 0.717) is 12.1 Å². The van der Waals surface area contributed by atoms with Crippen molar-refractivity contribution in [2.75, 3.05) is 32.7 Å². The number of rotatable bonds is 4. The van der Waals surface area contributed by atoms with Crippen LogP contribution in [0.2, 0.25) is 0 Å². The number of benzene rings is 1. The summed E-state index contributed by atoms with van der Waals surface area (Å²) in [7, 11) is 0. The van der Waals surface area contributed by atoms with Crippen LogP contribution in [0, 0.1) is 11.6 Å². The zero-order chi connectivity index (χ0) is 17.8. The van der Waals surface area contributed by atoms with Crippen LogP contribution in [-0.4, -0.2) is 60.4 Å². The molecule has 2 fully saturated rings. The highest BCUT2D eigenvalue weighted by Crippen LogP contribution is 2.21. The van der Waals surface area contributed by atoms with Crippen molar-refractivity contribution in [1.29, 1.82) is 0 Å². The van der Waals surface area contributed by atoms with Gasteiger partial charge in [0.05, 0.1) is 5.56 Å². The van der Waals surface area contributed by atoms with Gasteiger partial charge in [0.25, 0.3) is 5.91 Å². The van der Waals surface area contributed by atoms with Crippen LogP contribution < -0.4 is 5.32 Å². The first-order valence-corrected chi connectivity index (χ1v) is 8.79. The number of halogens is 2. The molecule has 0 saturated carbocycles. The Kier molecular flexibility index (Phi) is 5.63. The van der Waals surface area contributed by atoms with E-state index < -0.39 is 17.5 Å². The predicted molar refractivity (Wildman–Crippen MR) is 89.1 cm³/mol. The number of carbonyl (C=O) groups excluding carboxylic acids is 2. The summed E-state index contributed by atoms with van der Waals surface area (Å²) in [4.78, 5) is 28.7. The molecule has 5 nitrogen and oxygen atoms in total. The van der Waals surface area contributed by atoms with Crippen LogP contribution in [0.4, 0.5) is 8.78 Å². The third kappa shape index (κ3) is 4.34. The monoisotopic (exact) mass is 351 g/mol. The van der Waals surface area contributed by atoms with Crippen LogP contribution in [0.5, 0.6) is 0 Å². The summed E-state index contributed by atoms with van der Waals surface area (Å²) in [5.41, 5.74) is -0.217. The summed E-state index contributed by atoms with van der Waals surface area (Å²) in [5, 5.41) is 2.53. The van der Waals surface area contributed by atoms with E-state index in [2.05, 4.69) is 10.2 Å². The highest BCUT2D eigenvalue weighted by molar-refractivity contribution is 5.94.